The van der Waals surface area contributed by atoms with Crippen molar-refractivity contribution in [3.05, 3.63) is 42.0 Å². The molecule has 0 aliphatic rings. The molecule has 0 fully saturated rings. The zero-order valence-electron chi connectivity index (χ0n) is 9.84. The van der Waals surface area contributed by atoms with Gasteiger partial charge in [0.25, 0.3) is 0 Å². The summed E-state index contributed by atoms with van der Waals surface area (Å²) in [4.78, 5) is 4.33. The van der Waals surface area contributed by atoms with Crippen LogP contribution in [0.1, 0.15) is 5.56 Å². The molecule has 3 aromatic rings. The minimum absolute atomic E-state index is 0.172. The molecule has 0 atom stereocenters. The van der Waals surface area contributed by atoms with Gasteiger partial charge in [0.15, 0.2) is 5.58 Å². The first kappa shape index (κ1) is 10.7. The molecule has 0 amide bonds. The highest BCUT2D eigenvalue weighted by Gasteiger charge is 2.09. The molecule has 0 saturated carbocycles. The van der Waals surface area contributed by atoms with Gasteiger partial charge in [-0.15, -0.1) is 0 Å². The number of fused-ring (bicyclic) bond motifs is 1. The third kappa shape index (κ3) is 1.68. The van der Waals surface area contributed by atoms with Gasteiger partial charge in [-0.25, -0.2) is 4.98 Å². The number of benzene rings is 2. The lowest BCUT2D eigenvalue weighted by atomic mass is 10.1. The molecule has 2 aromatic carbocycles. The van der Waals surface area contributed by atoms with E-state index in [2.05, 4.69) is 4.98 Å². The van der Waals surface area contributed by atoms with Crippen LogP contribution in [0.2, 0.25) is 0 Å². The summed E-state index contributed by atoms with van der Waals surface area (Å²) in [5, 5.41) is 9.39. The maximum absolute atomic E-state index is 9.39. The van der Waals surface area contributed by atoms with Crippen molar-refractivity contribution >= 4 is 16.8 Å². The van der Waals surface area contributed by atoms with Crippen LogP contribution < -0.4 is 5.73 Å². The van der Waals surface area contributed by atoms with Crippen LogP contribution in [0, 0.1) is 6.92 Å². The van der Waals surface area contributed by atoms with E-state index >= 15 is 0 Å². The summed E-state index contributed by atoms with van der Waals surface area (Å²) in [6.45, 7) is 1.95. The van der Waals surface area contributed by atoms with Crippen LogP contribution >= 0.6 is 0 Å². The molecule has 3 N–H and O–H groups in total. The van der Waals surface area contributed by atoms with E-state index in [9.17, 15) is 5.11 Å². The van der Waals surface area contributed by atoms with Gasteiger partial charge in [0.2, 0.25) is 5.89 Å². The summed E-state index contributed by atoms with van der Waals surface area (Å²) in [5.74, 6) is 0.674. The van der Waals surface area contributed by atoms with Gasteiger partial charge in [0.05, 0.1) is 0 Å². The lowest BCUT2D eigenvalue weighted by Gasteiger charge is -2.00. The van der Waals surface area contributed by atoms with E-state index in [-0.39, 0.29) is 5.75 Å². The molecule has 0 spiro atoms. The van der Waals surface area contributed by atoms with Crippen molar-refractivity contribution < 1.29 is 9.52 Å². The molecule has 0 saturated heterocycles. The Hall–Kier alpha value is -2.49. The minimum Gasteiger partial charge on any atom is -0.508 e. The zero-order valence-corrected chi connectivity index (χ0v) is 9.84. The second kappa shape index (κ2) is 3.77. The lowest BCUT2D eigenvalue weighted by Crippen LogP contribution is -1.89. The second-order valence-corrected chi connectivity index (χ2v) is 4.24. The van der Waals surface area contributed by atoms with E-state index in [4.69, 9.17) is 10.2 Å². The Morgan fingerprint density at radius 1 is 1.17 bits per heavy atom. The Morgan fingerprint density at radius 3 is 2.78 bits per heavy atom. The first-order valence-electron chi connectivity index (χ1n) is 5.59. The summed E-state index contributed by atoms with van der Waals surface area (Å²) in [5.41, 5.74) is 9.69. The number of phenols is 1. The number of nitrogens with two attached hydrogens (primary N) is 1. The first-order valence-corrected chi connectivity index (χ1v) is 5.59. The van der Waals surface area contributed by atoms with Crippen molar-refractivity contribution in [2.24, 2.45) is 0 Å². The molecule has 18 heavy (non-hydrogen) atoms. The Labute approximate surface area is 104 Å². The summed E-state index contributed by atoms with van der Waals surface area (Å²) in [6.07, 6.45) is 0. The molecule has 1 aromatic heterocycles. The van der Waals surface area contributed by atoms with Crippen molar-refractivity contribution in [3.8, 4) is 17.2 Å². The molecular weight excluding hydrogens is 228 g/mol. The summed E-state index contributed by atoms with van der Waals surface area (Å²) >= 11 is 0. The van der Waals surface area contributed by atoms with Crippen LogP contribution in [0.3, 0.4) is 0 Å². The predicted molar refractivity (Wildman–Crippen MR) is 70.3 cm³/mol. The SMILES string of the molecule is Cc1ccc(-c2nc3cc(O)ccc3o2)cc1N. The lowest BCUT2D eigenvalue weighted by molar-refractivity contribution is 0.476. The molecule has 0 aliphatic heterocycles. The highest BCUT2D eigenvalue weighted by molar-refractivity contribution is 5.78. The van der Waals surface area contributed by atoms with Crippen molar-refractivity contribution in [2.75, 3.05) is 5.73 Å². The number of hydrogen-bond acceptors (Lipinski definition) is 4. The van der Waals surface area contributed by atoms with Gasteiger partial charge >= 0.3 is 0 Å². The smallest absolute Gasteiger partial charge is 0.227 e. The molecule has 90 valence electrons. The number of aromatic hydroxyl groups is 1. The van der Waals surface area contributed by atoms with Gasteiger partial charge in [-0.2, -0.15) is 0 Å². The van der Waals surface area contributed by atoms with E-state index in [1.165, 1.54) is 0 Å². The molecule has 1 heterocycles. The van der Waals surface area contributed by atoms with E-state index < -0.39 is 0 Å². The highest BCUT2D eigenvalue weighted by Crippen LogP contribution is 2.28. The maximum Gasteiger partial charge on any atom is 0.227 e. The van der Waals surface area contributed by atoms with Gasteiger partial charge < -0.3 is 15.3 Å². The average molecular weight is 240 g/mol. The van der Waals surface area contributed by atoms with Crippen molar-refractivity contribution in [3.63, 3.8) is 0 Å². The molecule has 0 radical (unpaired) electrons. The number of aromatic nitrogens is 1. The van der Waals surface area contributed by atoms with E-state index in [0.717, 1.165) is 11.1 Å². The largest absolute Gasteiger partial charge is 0.508 e. The normalized spacial score (nSPS) is 10.9. The Morgan fingerprint density at radius 2 is 2.00 bits per heavy atom. The number of oxazole rings is 1. The van der Waals surface area contributed by atoms with Crippen LogP contribution in [0.25, 0.3) is 22.6 Å². The highest BCUT2D eigenvalue weighted by atomic mass is 16.3. The third-order valence-corrected chi connectivity index (χ3v) is 2.90. The van der Waals surface area contributed by atoms with Gasteiger partial charge in [0, 0.05) is 17.3 Å². The van der Waals surface area contributed by atoms with Crippen LogP contribution in [0.4, 0.5) is 5.69 Å². The maximum atomic E-state index is 9.39. The predicted octanol–water partition coefficient (Wildman–Crippen LogP) is 3.09. The molecule has 0 aliphatic carbocycles. The molecule has 0 bridgehead atoms. The molecule has 3 rings (SSSR count). The zero-order chi connectivity index (χ0) is 12.7. The number of phenolic OH excluding ortho intramolecular Hbond substituents is 1. The second-order valence-electron chi connectivity index (χ2n) is 4.24. The van der Waals surface area contributed by atoms with E-state index in [0.29, 0.717) is 22.7 Å². The number of hydrogen-bond donors (Lipinski definition) is 2. The van der Waals surface area contributed by atoms with Gasteiger partial charge in [0.1, 0.15) is 11.3 Å². The van der Waals surface area contributed by atoms with Crippen molar-refractivity contribution in [2.45, 2.75) is 6.92 Å². The van der Waals surface area contributed by atoms with Crippen LogP contribution in [-0.4, -0.2) is 10.1 Å². The molecule has 4 nitrogen and oxygen atoms in total. The monoisotopic (exact) mass is 240 g/mol. The topological polar surface area (TPSA) is 72.3 Å². The number of rotatable bonds is 1. The van der Waals surface area contributed by atoms with E-state index in [1.807, 2.05) is 25.1 Å². The third-order valence-electron chi connectivity index (χ3n) is 2.90. The summed E-state index contributed by atoms with van der Waals surface area (Å²) < 4.78 is 5.63. The first-order chi connectivity index (χ1) is 8.63. The number of nitrogen functional groups attached to an aromatic ring is 1. The van der Waals surface area contributed by atoms with Crippen LogP contribution in [0.5, 0.6) is 5.75 Å². The van der Waals surface area contributed by atoms with Gasteiger partial charge in [-0.3, -0.25) is 0 Å². The van der Waals surface area contributed by atoms with E-state index in [1.54, 1.807) is 18.2 Å². The number of aryl methyl sites for hydroxylation is 1. The van der Waals surface area contributed by atoms with Crippen LogP contribution in [0.15, 0.2) is 40.8 Å². The standard InChI is InChI=1S/C14H12N2O2/c1-8-2-3-9(6-11(8)15)14-16-12-7-10(17)4-5-13(12)18-14/h2-7,17H,15H2,1H3. The molecular formula is C14H12N2O2. The number of nitrogens with zero attached hydrogens (tertiary/aromatic N) is 1. The van der Waals surface area contributed by atoms with Crippen molar-refractivity contribution in [1.82, 2.24) is 4.98 Å². The summed E-state index contributed by atoms with van der Waals surface area (Å²) in [7, 11) is 0. The Bertz CT molecular complexity index is 732. The van der Waals surface area contributed by atoms with Gasteiger partial charge in [-0.1, -0.05) is 6.07 Å². The molecule has 0 unspecified atom stereocenters. The fraction of sp³-hybridized carbons (Fsp3) is 0.0714. The minimum atomic E-state index is 0.172. The van der Waals surface area contributed by atoms with Crippen LogP contribution in [-0.2, 0) is 0 Å². The Balaban J connectivity index is 2.16. The molecule has 4 heteroatoms. The fourth-order valence-electron chi connectivity index (χ4n) is 1.81. The van der Waals surface area contributed by atoms with Gasteiger partial charge in [-0.05, 0) is 36.8 Å². The average Bonchev–Trinajstić information content (AvgIpc) is 2.75. The van der Waals surface area contributed by atoms with Crippen molar-refractivity contribution in [1.29, 1.82) is 0 Å². The quantitative estimate of drug-likeness (QED) is 0.641. The summed E-state index contributed by atoms with van der Waals surface area (Å²) in [6, 6.07) is 10.5. The Kier molecular flexibility index (Phi) is 2.23. The number of anilines is 1. The fourth-order valence-corrected chi connectivity index (χ4v) is 1.81.